The molecule has 4 aromatic rings. The van der Waals surface area contributed by atoms with Gasteiger partial charge in [-0.1, -0.05) is 13.8 Å². The van der Waals surface area contributed by atoms with E-state index in [1.54, 1.807) is 13.3 Å². The lowest BCUT2D eigenvalue weighted by atomic mass is 10.1. The van der Waals surface area contributed by atoms with Gasteiger partial charge in [0.2, 0.25) is 5.88 Å². The van der Waals surface area contributed by atoms with Gasteiger partial charge < -0.3 is 19.5 Å². The number of thiazole rings is 1. The fraction of sp³-hybridized carbons (Fsp3) is 0.360. The summed E-state index contributed by atoms with van der Waals surface area (Å²) in [5.41, 5.74) is 4.56. The van der Waals surface area contributed by atoms with Crippen molar-refractivity contribution in [3.63, 3.8) is 0 Å². The predicted octanol–water partition coefficient (Wildman–Crippen LogP) is 5.05. The third-order valence-corrected chi connectivity index (χ3v) is 6.79. The van der Waals surface area contributed by atoms with Crippen molar-refractivity contribution in [1.82, 2.24) is 20.3 Å². The van der Waals surface area contributed by atoms with Gasteiger partial charge in [0, 0.05) is 23.6 Å². The molecule has 0 aliphatic carbocycles. The SMILES string of the molecule is COc1cnc2c(-c3nc4cc(F)c5c(c4s3)CC(CNC(=O)OCC(C)C)O5)cc(C)cc2n1. The average Bonchev–Trinajstić information content (AvgIpc) is 3.45. The summed E-state index contributed by atoms with van der Waals surface area (Å²) in [5, 5.41) is 3.42. The Hall–Kier alpha value is -3.53. The molecule has 2 aromatic carbocycles. The fourth-order valence-corrected chi connectivity index (χ4v) is 5.17. The van der Waals surface area contributed by atoms with E-state index in [0.717, 1.165) is 26.4 Å². The van der Waals surface area contributed by atoms with Crippen LogP contribution in [0.1, 0.15) is 25.0 Å². The highest BCUT2D eigenvalue weighted by Gasteiger charge is 2.30. The first-order valence-corrected chi connectivity index (χ1v) is 12.1. The van der Waals surface area contributed by atoms with Gasteiger partial charge in [-0.2, -0.15) is 0 Å². The number of carbonyl (C=O) groups is 1. The molecule has 1 atom stereocenters. The summed E-state index contributed by atoms with van der Waals surface area (Å²) in [4.78, 5) is 25.7. The molecule has 3 heterocycles. The Bertz CT molecular complexity index is 1440. The van der Waals surface area contributed by atoms with E-state index in [1.165, 1.54) is 17.4 Å². The number of amides is 1. The van der Waals surface area contributed by atoms with Gasteiger partial charge >= 0.3 is 6.09 Å². The number of hydrogen-bond donors (Lipinski definition) is 1. The maximum Gasteiger partial charge on any atom is 0.407 e. The van der Waals surface area contributed by atoms with Crippen LogP contribution < -0.4 is 14.8 Å². The van der Waals surface area contributed by atoms with Gasteiger partial charge in [0.05, 0.1) is 47.7 Å². The second-order valence-electron chi connectivity index (χ2n) is 8.94. The molecule has 182 valence electrons. The van der Waals surface area contributed by atoms with Crippen molar-refractivity contribution >= 4 is 38.7 Å². The zero-order chi connectivity index (χ0) is 24.7. The van der Waals surface area contributed by atoms with Crippen LogP contribution >= 0.6 is 11.3 Å². The van der Waals surface area contributed by atoms with Crippen LogP contribution in [0.25, 0.3) is 31.8 Å². The van der Waals surface area contributed by atoms with Gasteiger partial charge in [0.1, 0.15) is 11.1 Å². The standard InChI is InChI=1S/C25H25FN4O4S/c1-12(2)11-33-25(31)28-9-14-7-16-22(34-14)17(26)8-19-23(16)35-24(30-19)15-5-13(3)6-18-21(15)27-10-20(29-18)32-4/h5-6,8,10,12,14H,7,9,11H2,1-4H3,(H,28,31). The first-order valence-electron chi connectivity index (χ1n) is 11.3. The van der Waals surface area contributed by atoms with Gasteiger partial charge in [-0.25, -0.2) is 24.1 Å². The zero-order valence-electron chi connectivity index (χ0n) is 19.8. The summed E-state index contributed by atoms with van der Waals surface area (Å²) in [5.74, 6) is 0.429. The third-order valence-electron chi connectivity index (χ3n) is 5.63. The first kappa shape index (κ1) is 23.2. The van der Waals surface area contributed by atoms with Crippen LogP contribution in [0.15, 0.2) is 24.4 Å². The molecular formula is C25H25FN4O4S. The molecule has 10 heteroatoms. The second kappa shape index (κ2) is 9.26. The molecule has 0 radical (unpaired) electrons. The Labute approximate surface area is 205 Å². The van der Waals surface area contributed by atoms with E-state index in [4.69, 9.17) is 19.2 Å². The number of carbonyl (C=O) groups excluding carboxylic acids is 1. The molecule has 1 aliphatic heterocycles. The average molecular weight is 497 g/mol. The van der Waals surface area contributed by atoms with Crippen LogP contribution in [0, 0.1) is 18.7 Å². The quantitative estimate of drug-likeness (QED) is 0.399. The molecule has 1 N–H and O–H groups in total. The number of nitrogens with one attached hydrogen (secondary N) is 1. The number of rotatable bonds is 6. The van der Waals surface area contributed by atoms with E-state index in [9.17, 15) is 9.18 Å². The molecule has 0 saturated carbocycles. The van der Waals surface area contributed by atoms with E-state index >= 15 is 0 Å². The normalized spacial score (nSPS) is 14.9. The zero-order valence-corrected chi connectivity index (χ0v) is 20.7. The summed E-state index contributed by atoms with van der Waals surface area (Å²) in [6.45, 7) is 6.46. The molecule has 5 rings (SSSR count). The second-order valence-corrected chi connectivity index (χ2v) is 9.94. The summed E-state index contributed by atoms with van der Waals surface area (Å²) in [6, 6.07) is 5.34. The fourth-order valence-electron chi connectivity index (χ4n) is 4.06. The highest BCUT2D eigenvalue weighted by molar-refractivity contribution is 7.22. The van der Waals surface area contributed by atoms with E-state index in [2.05, 4.69) is 15.3 Å². The minimum atomic E-state index is -0.506. The van der Waals surface area contributed by atoms with Crippen molar-refractivity contribution in [3.8, 4) is 22.2 Å². The number of ether oxygens (including phenoxy) is 3. The predicted molar refractivity (Wildman–Crippen MR) is 132 cm³/mol. The largest absolute Gasteiger partial charge is 0.485 e. The molecule has 8 nitrogen and oxygen atoms in total. The monoisotopic (exact) mass is 496 g/mol. The van der Waals surface area contributed by atoms with Gasteiger partial charge in [0.25, 0.3) is 0 Å². The van der Waals surface area contributed by atoms with Crippen molar-refractivity contribution in [2.75, 3.05) is 20.3 Å². The van der Waals surface area contributed by atoms with Crippen LogP contribution in [0.4, 0.5) is 9.18 Å². The Kier molecular flexibility index (Phi) is 6.14. The Balaban J connectivity index is 1.45. The molecule has 1 unspecified atom stereocenters. The smallest absolute Gasteiger partial charge is 0.407 e. The van der Waals surface area contributed by atoms with Crippen LogP contribution in [-0.2, 0) is 11.2 Å². The van der Waals surface area contributed by atoms with Crippen molar-refractivity contribution < 1.29 is 23.4 Å². The number of hydrogen-bond acceptors (Lipinski definition) is 8. The molecule has 1 amide bonds. The Morgan fingerprint density at radius 3 is 2.89 bits per heavy atom. The molecular weight excluding hydrogens is 471 g/mol. The number of aryl methyl sites for hydroxylation is 1. The molecule has 1 aliphatic rings. The summed E-state index contributed by atoms with van der Waals surface area (Å²) in [6.07, 6.45) is 1.14. The Morgan fingerprint density at radius 1 is 1.29 bits per heavy atom. The van der Waals surface area contributed by atoms with Crippen LogP contribution in [0.5, 0.6) is 11.6 Å². The van der Waals surface area contributed by atoms with E-state index in [-0.39, 0.29) is 24.3 Å². The van der Waals surface area contributed by atoms with E-state index in [0.29, 0.717) is 35.5 Å². The molecule has 0 fully saturated rings. The number of nitrogens with zero attached hydrogens (tertiary/aromatic N) is 3. The van der Waals surface area contributed by atoms with Crippen molar-refractivity contribution in [3.05, 3.63) is 41.3 Å². The number of methoxy groups -OCH3 is 1. The number of aromatic nitrogens is 3. The van der Waals surface area contributed by atoms with Crippen LogP contribution in [0.2, 0.25) is 0 Å². The minimum Gasteiger partial charge on any atom is -0.485 e. The number of benzene rings is 2. The van der Waals surface area contributed by atoms with Crippen molar-refractivity contribution in [2.24, 2.45) is 5.92 Å². The van der Waals surface area contributed by atoms with Gasteiger partial charge in [-0.3, -0.25) is 0 Å². The van der Waals surface area contributed by atoms with Crippen molar-refractivity contribution in [2.45, 2.75) is 33.3 Å². The van der Waals surface area contributed by atoms with Crippen LogP contribution in [0.3, 0.4) is 0 Å². The molecule has 0 saturated heterocycles. The first-order chi connectivity index (χ1) is 16.8. The summed E-state index contributed by atoms with van der Waals surface area (Å²) < 4.78 is 32.0. The van der Waals surface area contributed by atoms with Crippen molar-refractivity contribution in [1.29, 1.82) is 0 Å². The molecule has 35 heavy (non-hydrogen) atoms. The van der Waals surface area contributed by atoms with Gasteiger partial charge in [-0.15, -0.1) is 11.3 Å². The third kappa shape index (κ3) is 4.58. The lowest BCUT2D eigenvalue weighted by Gasteiger charge is -2.13. The maximum absolute atomic E-state index is 14.9. The highest BCUT2D eigenvalue weighted by atomic mass is 32.1. The minimum absolute atomic E-state index is 0.216. The number of halogens is 1. The lowest BCUT2D eigenvalue weighted by Crippen LogP contribution is -2.35. The lowest BCUT2D eigenvalue weighted by molar-refractivity contribution is 0.127. The topological polar surface area (TPSA) is 95.5 Å². The number of fused-ring (bicyclic) bond motifs is 4. The summed E-state index contributed by atoms with van der Waals surface area (Å²) in [7, 11) is 1.55. The number of alkyl carbamates (subject to hydrolysis) is 1. The summed E-state index contributed by atoms with van der Waals surface area (Å²) >= 11 is 1.47. The Morgan fingerprint density at radius 2 is 2.11 bits per heavy atom. The van der Waals surface area contributed by atoms with E-state index < -0.39 is 11.9 Å². The van der Waals surface area contributed by atoms with Gasteiger partial charge in [-0.05, 0) is 30.5 Å². The maximum atomic E-state index is 14.9. The van der Waals surface area contributed by atoms with Gasteiger partial charge in [0.15, 0.2) is 11.6 Å². The van der Waals surface area contributed by atoms with E-state index in [1.807, 2.05) is 32.9 Å². The van der Waals surface area contributed by atoms with Crippen LogP contribution in [-0.4, -0.2) is 47.4 Å². The molecule has 2 aromatic heterocycles. The molecule has 0 bridgehead atoms. The highest BCUT2D eigenvalue weighted by Crippen LogP contribution is 2.43. The molecule has 0 spiro atoms.